The summed E-state index contributed by atoms with van der Waals surface area (Å²) in [5.74, 6) is 2.70. The van der Waals surface area contributed by atoms with Crippen LogP contribution in [0.3, 0.4) is 0 Å². The molecule has 0 unspecified atom stereocenters. The Hall–Kier alpha value is -0.780. The van der Waals surface area contributed by atoms with E-state index in [9.17, 15) is 0 Å². The van der Waals surface area contributed by atoms with Crippen LogP contribution in [0.1, 0.15) is 30.9 Å². The van der Waals surface area contributed by atoms with E-state index in [1.165, 1.54) is 66.8 Å². The van der Waals surface area contributed by atoms with E-state index in [1.807, 2.05) is 0 Å². The van der Waals surface area contributed by atoms with Gasteiger partial charge in [0.15, 0.2) is 0 Å². The second kappa shape index (κ2) is 12.6. The Morgan fingerprint density at radius 2 is 1.25 bits per heavy atom. The van der Waals surface area contributed by atoms with Gasteiger partial charge in [-0.25, -0.2) is 0 Å². The van der Waals surface area contributed by atoms with Crippen LogP contribution in [0.25, 0.3) is 0 Å². The molecule has 0 heterocycles. The summed E-state index contributed by atoms with van der Waals surface area (Å²) in [5.41, 5.74) is 3.01. The van der Waals surface area contributed by atoms with E-state index in [2.05, 4.69) is 79.3 Å². The van der Waals surface area contributed by atoms with Gasteiger partial charge in [-0.1, -0.05) is 74.0 Å². The molecule has 0 fully saturated rings. The van der Waals surface area contributed by atoms with E-state index in [-0.39, 0.29) is 7.92 Å². The highest BCUT2D eigenvalue weighted by Crippen LogP contribution is 2.37. The first-order valence-electron chi connectivity index (χ1n) is 9.26. The van der Waals surface area contributed by atoms with Gasteiger partial charge in [-0.15, -0.1) is 7.92 Å². The fourth-order valence-electron chi connectivity index (χ4n) is 2.74. The molecule has 0 aliphatic carbocycles. The van der Waals surface area contributed by atoms with E-state index in [1.54, 1.807) is 0 Å². The van der Waals surface area contributed by atoms with Crippen molar-refractivity contribution in [2.45, 2.75) is 32.6 Å². The second-order valence-corrected chi connectivity index (χ2v) is 10.2. The third kappa shape index (κ3) is 8.36. The van der Waals surface area contributed by atoms with Crippen molar-refractivity contribution in [3.8, 4) is 0 Å². The number of hydrogen-bond donors (Lipinski definition) is 0. The Morgan fingerprint density at radius 1 is 0.708 bits per heavy atom. The lowest BCUT2D eigenvalue weighted by molar-refractivity contribution is 0.896. The average Bonchev–Trinajstić information content (AvgIpc) is 2.65. The highest BCUT2D eigenvalue weighted by Gasteiger charge is 2.09. The Labute approximate surface area is 154 Å². The van der Waals surface area contributed by atoms with Gasteiger partial charge >= 0.3 is 0 Å². The molecule has 2 rings (SSSR count). The summed E-state index contributed by atoms with van der Waals surface area (Å²) in [5, 5.41) is 0. The van der Waals surface area contributed by atoms with Crippen LogP contribution < -0.4 is 0 Å². The van der Waals surface area contributed by atoms with Gasteiger partial charge in [-0.2, -0.15) is 11.8 Å². The zero-order valence-corrected chi connectivity index (χ0v) is 16.7. The van der Waals surface area contributed by atoms with Crippen LogP contribution in [0.4, 0.5) is 0 Å². The van der Waals surface area contributed by atoms with Crippen molar-refractivity contribution in [2.75, 3.05) is 30.0 Å². The van der Waals surface area contributed by atoms with Gasteiger partial charge in [0.05, 0.1) is 0 Å². The molecule has 0 saturated heterocycles. The molecule has 0 atom stereocenters. The third-order valence-corrected chi connectivity index (χ3v) is 8.25. The van der Waals surface area contributed by atoms with Gasteiger partial charge in [-0.3, -0.25) is 0 Å². The first kappa shape index (κ1) is 19.5. The maximum Gasteiger partial charge on any atom is -0.00281 e. The molecule has 0 nitrogen and oxygen atoms in total. The van der Waals surface area contributed by atoms with Gasteiger partial charge in [0, 0.05) is 0 Å². The quantitative estimate of drug-likeness (QED) is 0.309. The van der Waals surface area contributed by atoms with E-state index in [0.29, 0.717) is 0 Å². The Bertz CT molecular complexity index is 483. The van der Waals surface area contributed by atoms with Crippen LogP contribution in [0.2, 0.25) is 0 Å². The Balaban J connectivity index is 1.78. The predicted molar refractivity (Wildman–Crippen MR) is 114 cm³/mol. The van der Waals surface area contributed by atoms with Crippen molar-refractivity contribution in [2.24, 2.45) is 0 Å². The minimum absolute atomic E-state index is 0.150. The SMILES string of the molecule is CCCCSCCP(CCc1ccccc1)CCc1ccccc1. The molecule has 0 bridgehead atoms. The molecule has 2 aromatic carbocycles. The predicted octanol–water partition coefficient (Wildman–Crippen LogP) is 6.49. The summed E-state index contributed by atoms with van der Waals surface area (Å²) < 4.78 is 0. The van der Waals surface area contributed by atoms with Gasteiger partial charge in [0.1, 0.15) is 0 Å². The molecular weight excluding hydrogens is 327 g/mol. The van der Waals surface area contributed by atoms with Crippen molar-refractivity contribution in [1.82, 2.24) is 0 Å². The fraction of sp³-hybridized carbons (Fsp3) is 0.455. The second-order valence-electron chi connectivity index (χ2n) is 6.28. The summed E-state index contributed by atoms with van der Waals surface area (Å²) in [6.45, 7) is 2.28. The molecular formula is C22H31PS. The summed E-state index contributed by atoms with van der Waals surface area (Å²) in [4.78, 5) is 0. The molecule has 0 spiro atoms. The van der Waals surface area contributed by atoms with Crippen molar-refractivity contribution < 1.29 is 0 Å². The summed E-state index contributed by atoms with van der Waals surface area (Å²) in [6, 6.07) is 22.0. The number of benzene rings is 2. The zero-order chi connectivity index (χ0) is 16.9. The van der Waals surface area contributed by atoms with E-state index < -0.39 is 0 Å². The highest BCUT2D eigenvalue weighted by atomic mass is 32.2. The van der Waals surface area contributed by atoms with E-state index >= 15 is 0 Å². The number of hydrogen-bond acceptors (Lipinski definition) is 1. The van der Waals surface area contributed by atoms with Gasteiger partial charge in [0.2, 0.25) is 0 Å². The highest BCUT2D eigenvalue weighted by molar-refractivity contribution is 7.99. The standard InChI is InChI=1S/C22H31PS/c1-2-3-19-24-20-18-23(16-14-21-10-6-4-7-11-21)17-15-22-12-8-5-9-13-22/h4-13H,2-3,14-20H2,1H3. The first-order valence-corrected chi connectivity index (χ1v) is 12.3. The maximum absolute atomic E-state index is 2.28. The van der Waals surface area contributed by atoms with Crippen LogP contribution >= 0.6 is 19.7 Å². The molecule has 2 aromatic rings. The lowest BCUT2D eigenvalue weighted by atomic mass is 10.2. The summed E-state index contributed by atoms with van der Waals surface area (Å²) in [6.07, 6.45) is 9.41. The maximum atomic E-state index is 2.28. The molecule has 0 aliphatic rings. The van der Waals surface area contributed by atoms with Crippen LogP contribution in [0.5, 0.6) is 0 Å². The van der Waals surface area contributed by atoms with Gasteiger partial charge in [-0.05, 0) is 60.4 Å². The van der Waals surface area contributed by atoms with Crippen LogP contribution in [-0.2, 0) is 12.8 Å². The monoisotopic (exact) mass is 358 g/mol. The smallest absolute Gasteiger partial charge is 0.00281 e. The van der Waals surface area contributed by atoms with Gasteiger partial charge in [0.25, 0.3) is 0 Å². The molecule has 2 heteroatoms. The zero-order valence-electron chi connectivity index (χ0n) is 15.0. The molecule has 0 amide bonds. The van der Waals surface area contributed by atoms with Crippen LogP contribution in [-0.4, -0.2) is 30.0 Å². The van der Waals surface area contributed by atoms with Gasteiger partial charge < -0.3 is 0 Å². The lowest BCUT2D eigenvalue weighted by Gasteiger charge is -2.18. The van der Waals surface area contributed by atoms with Crippen molar-refractivity contribution >= 4 is 19.7 Å². The van der Waals surface area contributed by atoms with Crippen molar-refractivity contribution in [3.05, 3.63) is 71.8 Å². The van der Waals surface area contributed by atoms with Crippen LogP contribution in [0.15, 0.2) is 60.7 Å². The Morgan fingerprint density at radius 3 is 1.75 bits per heavy atom. The number of aryl methyl sites for hydroxylation is 2. The van der Waals surface area contributed by atoms with Crippen molar-refractivity contribution in [1.29, 1.82) is 0 Å². The minimum Gasteiger partial charge on any atom is -0.162 e. The molecule has 0 radical (unpaired) electrons. The third-order valence-electron chi connectivity index (χ3n) is 4.31. The lowest BCUT2D eigenvalue weighted by Crippen LogP contribution is -2.03. The molecule has 0 saturated carbocycles. The van der Waals surface area contributed by atoms with Crippen LogP contribution in [0, 0.1) is 0 Å². The topological polar surface area (TPSA) is 0 Å². The number of rotatable bonds is 12. The minimum atomic E-state index is 0.150. The fourth-order valence-corrected chi connectivity index (χ4v) is 6.81. The average molecular weight is 359 g/mol. The normalized spacial score (nSPS) is 11.1. The largest absolute Gasteiger partial charge is 0.162 e. The summed E-state index contributed by atoms with van der Waals surface area (Å²) >= 11 is 2.17. The number of unbranched alkanes of at least 4 members (excludes halogenated alkanes) is 1. The molecule has 0 aliphatic heterocycles. The molecule has 24 heavy (non-hydrogen) atoms. The summed E-state index contributed by atoms with van der Waals surface area (Å²) in [7, 11) is 0.150. The first-order chi connectivity index (χ1) is 11.9. The molecule has 0 aromatic heterocycles. The van der Waals surface area contributed by atoms with E-state index in [0.717, 1.165) is 0 Å². The van der Waals surface area contributed by atoms with E-state index in [4.69, 9.17) is 0 Å². The Kier molecular flexibility index (Phi) is 10.2. The number of thioether (sulfide) groups is 1. The molecule has 130 valence electrons. The molecule has 0 N–H and O–H groups in total. The van der Waals surface area contributed by atoms with Crippen molar-refractivity contribution in [3.63, 3.8) is 0 Å².